The molecule has 27 heavy (non-hydrogen) atoms. The van der Waals surface area contributed by atoms with Gasteiger partial charge in [-0.2, -0.15) is 0 Å². The summed E-state index contributed by atoms with van der Waals surface area (Å²) in [5.74, 6) is 0.532. The second-order valence-electron chi connectivity index (χ2n) is 6.43. The molecule has 0 spiro atoms. The zero-order valence-electron chi connectivity index (χ0n) is 16.1. The molecule has 8 heteroatoms. The van der Waals surface area contributed by atoms with Crippen LogP contribution in [0.15, 0.2) is 18.2 Å². The molecule has 1 saturated heterocycles. The monoisotopic (exact) mass is 380 g/mol. The van der Waals surface area contributed by atoms with Gasteiger partial charge in [0.1, 0.15) is 23.7 Å². The summed E-state index contributed by atoms with van der Waals surface area (Å²) in [5, 5.41) is 12.2. The lowest BCUT2D eigenvalue weighted by Gasteiger charge is -2.33. The summed E-state index contributed by atoms with van der Waals surface area (Å²) < 4.78 is 16.3. The molecule has 0 saturated carbocycles. The van der Waals surface area contributed by atoms with Crippen LogP contribution in [0.25, 0.3) is 0 Å². The van der Waals surface area contributed by atoms with Gasteiger partial charge in [0.2, 0.25) is 0 Å². The van der Waals surface area contributed by atoms with E-state index in [-0.39, 0.29) is 17.9 Å². The third-order valence-corrected chi connectivity index (χ3v) is 4.43. The van der Waals surface area contributed by atoms with Gasteiger partial charge in [0.05, 0.1) is 19.3 Å². The number of likely N-dealkylation sites (tertiary alicyclic amines) is 1. The number of hydrogen-bond donors (Lipinski definition) is 2. The van der Waals surface area contributed by atoms with E-state index in [1.807, 2.05) is 0 Å². The highest BCUT2D eigenvalue weighted by Gasteiger charge is 2.27. The maximum Gasteiger partial charge on any atom is 0.255 e. The number of carbonyl (C=O) groups is 2. The lowest BCUT2D eigenvalue weighted by molar-refractivity contribution is -0.141. The molecule has 2 amide bonds. The van der Waals surface area contributed by atoms with Crippen LogP contribution in [0, 0.1) is 0 Å². The molecule has 0 aromatic heterocycles. The molecule has 2 rings (SSSR count). The van der Waals surface area contributed by atoms with Crippen molar-refractivity contribution >= 4 is 11.8 Å². The molecule has 1 aromatic carbocycles. The van der Waals surface area contributed by atoms with Gasteiger partial charge in [0.25, 0.3) is 11.8 Å². The van der Waals surface area contributed by atoms with Crippen molar-refractivity contribution in [3.8, 4) is 11.5 Å². The Morgan fingerprint density at radius 2 is 2.00 bits per heavy atom. The normalized spacial score (nSPS) is 15.9. The number of aliphatic hydroxyl groups excluding tert-OH is 1. The molecule has 1 heterocycles. The number of ether oxygens (including phenoxy) is 3. The van der Waals surface area contributed by atoms with Crippen LogP contribution in [0.1, 0.15) is 30.1 Å². The van der Waals surface area contributed by atoms with Gasteiger partial charge in [-0.25, -0.2) is 0 Å². The third-order valence-electron chi connectivity index (χ3n) is 4.43. The predicted molar refractivity (Wildman–Crippen MR) is 99.1 cm³/mol. The van der Waals surface area contributed by atoms with Gasteiger partial charge in [-0.15, -0.1) is 0 Å². The van der Waals surface area contributed by atoms with Crippen molar-refractivity contribution in [3.05, 3.63) is 23.8 Å². The molecule has 1 fully saturated rings. The number of hydrogen-bond acceptors (Lipinski definition) is 6. The summed E-state index contributed by atoms with van der Waals surface area (Å²) in [5.41, 5.74) is 0.425. The Bertz CT molecular complexity index is 641. The first-order valence-corrected chi connectivity index (χ1v) is 9.05. The summed E-state index contributed by atoms with van der Waals surface area (Å²) in [7, 11) is 3.13. The summed E-state index contributed by atoms with van der Waals surface area (Å²) >= 11 is 0. The molecule has 0 radical (unpaired) electrons. The molecule has 0 aliphatic carbocycles. The summed E-state index contributed by atoms with van der Waals surface area (Å²) in [6.45, 7) is 3.31. The number of nitrogens with one attached hydrogen (secondary N) is 1. The van der Waals surface area contributed by atoms with Crippen LogP contribution in [-0.2, 0) is 9.53 Å². The second-order valence-corrected chi connectivity index (χ2v) is 6.43. The van der Waals surface area contributed by atoms with E-state index in [9.17, 15) is 14.7 Å². The Morgan fingerprint density at radius 1 is 1.30 bits per heavy atom. The number of methoxy groups -OCH3 is 2. The van der Waals surface area contributed by atoms with Gasteiger partial charge in [-0.05, 0) is 19.1 Å². The molecule has 1 atom stereocenters. The van der Waals surface area contributed by atoms with Crippen LogP contribution in [-0.4, -0.2) is 74.5 Å². The van der Waals surface area contributed by atoms with E-state index in [0.717, 1.165) is 0 Å². The van der Waals surface area contributed by atoms with Crippen molar-refractivity contribution < 1.29 is 28.9 Å². The Morgan fingerprint density at radius 3 is 2.59 bits per heavy atom. The van der Waals surface area contributed by atoms with Crippen molar-refractivity contribution in [1.82, 2.24) is 10.2 Å². The molecule has 8 nitrogen and oxygen atoms in total. The lowest BCUT2D eigenvalue weighted by atomic mass is 10.1. The maximum atomic E-state index is 12.4. The number of amides is 2. The van der Waals surface area contributed by atoms with Gasteiger partial charge in [0.15, 0.2) is 0 Å². The van der Waals surface area contributed by atoms with E-state index in [0.29, 0.717) is 56.1 Å². The molecule has 1 aliphatic heterocycles. The summed E-state index contributed by atoms with van der Waals surface area (Å²) in [4.78, 5) is 25.9. The Hall–Kier alpha value is -2.32. The van der Waals surface area contributed by atoms with Gasteiger partial charge >= 0.3 is 0 Å². The number of aliphatic hydroxyl groups is 1. The van der Waals surface area contributed by atoms with Crippen molar-refractivity contribution in [3.63, 3.8) is 0 Å². The fourth-order valence-corrected chi connectivity index (χ4v) is 2.91. The average Bonchev–Trinajstić information content (AvgIpc) is 2.68. The predicted octanol–water partition coefficient (Wildman–Crippen LogP) is 0.822. The minimum atomic E-state index is -0.997. The minimum absolute atomic E-state index is 0.124. The van der Waals surface area contributed by atoms with E-state index >= 15 is 0 Å². The van der Waals surface area contributed by atoms with Crippen LogP contribution >= 0.6 is 0 Å². The smallest absolute Gasteiger partial charge is 0.255 e. The highest BCUT2D eigenvalue weighted by molar-refractivity contribution is 5.97. The number of nitrogens with zero attached hydrogens (tertiary/aromatic N) is 1. The molecule has 2 N–H and O–H groups in total. The van der Waals surface area contributed by atoms with Gasteiger partial charge in [0, 0.05) is 45.7 Å². The van der Waals surface area contributed by atoms with E-state index < -0.39 is 6.10 Å². The van der Waals surface area contributed by atoms with Crippen LogP contribution < -0.4 is 14.8 Å². The van der Waals surface area contributed by atoms with E-state index in [1.165, 1.54) is 6.92 Å². The topological polar surface area (TPSA) is 97.3 Å². The largest absolute Gasteiger partial charge is 0.497 e. The first-order valence-electron chi connectivity index (χ1n) is 9.05. The number of rotatable bonds is 8. The van der Waals surface area contributed by atoms with Crippen LogP contribution in [0.3, 0.4) is 0 Å². The van der Waals surface area contributed by atoms with Crippen LogP contribution in [0.4, 0.5) is 0 Å². The summed E-state index contributed by atoms with van der Waals surface area (Å²) in [6, 6.07) is 5.07. The zero-order valence-corrected chi connectivity index (χ0v) is 16.1. The second kappa shape index (κ2) is 10.1. The van der Waals surface area contributed by atoms with E-state index in [4.69, 9.17) is 14.2 Å². The van der Waals surface area contributed by atoms with Crippen LogP contribution in [0.2, 0.25) is 0 Å². The third kappa shape index (κ3) is 5.83. The van der Waals surface area contributed by atoms with E-state index in [2.05, 4.69) is 5.32 Å². The Kier molecular flexibility index (Phi) is 7.87. The highest BCUT2D eigenvalue weighted by atomic mass is 16.5. The summed E-state index contributed by atoms with van der Waals surface area (Å²) in [6.07, 6.45) is 0.129. The number of piperidine rings is 1. The maximum absolute atomic E-state index is 12.4. The van der Waals surface area contributed by atoms with E-state index in [1.54, 1.807) is 37.3 Å². The lowest BCUT2D eigenvalue weighted by Crippen LogP contribution is -2.45. The molecular formula is C19H28N2O6. The minimum Gasteiger partial charge on any atom is -0.497 e. The molecule has 0 bridgehead atoms. The van der Waals surface area contributed by atoms with Crippen LogP contribution in [0.5, 0.6) is 11.5 Å². The first kappa shape index (κ1) is 21.0. The quantitative estimate of drug-likeness (QED) is 0.648. The van der Waals surface area contributed by atoms with Gasteiger partial charge in [-0.3, -0.25) is 9.59 Å². The fraction of sp³-hybridized carbons (Fsp3) is 0.579. The SMILES string of the molecule is COCCNC(=O)c1ccc(OC)cc1OC1CCN(C(=O)[C@H](C)O)CC1. The fourth-order valence-electron chi connectivity index (χ4n) is 2.91. The van der Waals surface area contributed by atoms with Crippen molar-refractivity contribution in [2.24, 2.45) is 0 Å². The number of benzene rings is 1. The molecule has 150 valence electrons. The standard InChI is InChI=1S/C19H28N2O6/c1-13(22)19(24)21-9-6-14(7-10-21)27-17-12-15(26-3)4-5-16(17)18(23)20-8-11-25-2/h4-5,12-14,22H,6-11H2,1-3H3,(H,20,23)/t13-/m0/s1. The first-order chi connectivity index (χ1) is 13.0. The Balaban J connectivity index is 2.04. The van der Waals surface area contributed by atoms with Gasteiger partial charge < -0.3 is 29.5 Å². The average molecular weight is 380 g/mol. The molecule has 1 aliphatic rings. The molecule has 1 aromatic rings. The Labute approximate surface area is 159 Å². The zero-order chi connectivity index (χ0) is 19.8. The number of carbonyl (C=O) groups excluding carboxylic acids is 2. The molecule has 0 unspecified atom stereocenters. The van der Waals surface area contributed by atoms with Gasteiger partial charge in [-0.1, -0.05) is 0 Å². The van der Waals surface area contributed by atoms with Crippen molar-refractivity contribution in [2.75, 3.05) is 40.5 Å². The molecular weight excluding hydrogens is 352 g/mol. The highest BCUT2D eigenvalue weighted by Crippen LogP contribution is 2.28. The van der Waals surface area contributed by atoms with Crippen molar-refractivity contribution in [1.29, 1.82) is 0 Å². The van der Waals surface area contributed by atoms with Crippen molar-refractivity contribution in [2.45, 2.75) is 32.0 Å².